The van der Waals surface area contributed by atoms with Crippen LogP contribution in [-0.4, -0.2) is 13.2 Å². The maximum atomic E-state index is 13.0. The number of ether oxygens (including phenoxy) is 1. The Morgan fingerprint density at radius 3 is 2.56 bits per heavy atom. The lowest BCUT2D eigenvalue weighted by Gasteiger charge is -2.13. The monoisotopic (exact) mass is 284 g/mol. The van der Waals surface area contributed by atoms with Gasteiger partial charge in [-0.2, -0.15) is 13.2 Å². The zero-order valence-corrected chi connectivity index (χ0v) is 10.5. The molecule has 0 saturated carbocycles. The first-order valence-electron chi connectivity index (χ1n) is 5.44. The van der Waals surface area contributed by atoms with E-state index in [1.54, 1.807) is 0 Å². The molecular weight excluding hydrogens is 272 g/mol. The highest BCUT2D eigenvalue weighted by Crippen LogP contribution is 2.34. The summed E-state index contributed by atoms with van der Waals surface area (Å²) in [6.45, 7) is 2.67. The Morgan fingerprint density at radius 1 is 1.33 bits per heavy atom. The Labute approximate surface area is 108 Å². The summed E-state index contributed by atoms with van der Waals surface area (Å²) in [5, 5.41) is -0.627. The van der Waals surface area contributed by atoms with Crippen molar-refractivity contribution in [3.05, 3.63) is 35.1 Å². The fraction of sp³-hybridized carbons (Fsp3) is 0.500. The van der Waals surface area contributed by atoms with Gasteiger partial charge in [-0.25, -0.2) is 4.39 Å². The zero-order chi connectivity index (χ0) is 13.8. The summed E-state index contributed by atoms with van der Waals surface area (Å²) in [6.07, 6.45) is -4.34. The molecule has 102 valence electrons. The van der Waals surface area contributed by atoms with E-state index >= 15 is 0 Å². The minimum Gasteiger partial charge on any atom is -0.382 e. The van der Waals surface area contributed by atoms with E-state index in [9.17, 15) is 17.6 Å². The van der Waals surface area contributed by atoms with E-state index in [0.29, 0.717) is 19.6 Å². The molecule has 0 spiro atoms. The standard InChI is InChI=1S/C12H13ClF4O/c1-2-18-6-5-10(13)8-3-4-11(14)9(7-8)12(15,16)17/h3-4,7,10H,2,5-6H2,1H3. The van der Waals surface area contributed by atoms with Gasteiger partial charge in [0.25, 0.3) is 0 Å². The third kappa shape index (κ3) is 4.14. The Kier molecular flexibility index (Phi) is 5.41. The van der Waals surface area contributed by atoms with Crippen LogP contribution in [0.4, 0.5) is 17.6 Å². The number of rotatable bonds is 5. The van der Waals surface area contributed by atoms with E-state index in [4.69, 9.17) is 16.3 Å². The lowest BCUT2D eigenvalue weighted by atomic mass is 10.1. The van der Waals surface area contributed by atoms with Crippen LogP contribution in [0.2, 0.25) is 0 Å². The maximum Gasteiger partial charge on any atom is 0.419 e. The molecule has 1 rings (SSSR count). The third-order valence-electron chi connectivity index (χ3n) is 2.38. The van der Waals surface area contributed by atoms with E-state index in [-0.39, 0.29) is 5.56 Å². The van der Waals surface area contributed by atoms with Crippen LogP contribution < -0.4 is 0 Å². The molecule has 0 bridgehead atoms. The van der Waals surface area contributed by atoms with Gasteiger partial charge >= 0.3 is 6.18 Å². The average molecular weight is 285 g/mol. The lowest BCUT2D eigenvalue weighted by molar-refractivity contribution is -0.140. The molecule has 0 aliphatic heterocycles. The quantitative estimate of drug-likeness (QED) is 0.438. The highest BCUT2D eigenvalue weighted by molar-refractivity contribution is 6.20. The first-order chi connectivity index (χ1) is 8.36. The molecule has 1 aromatic rings. The van der Waals surface area contributed by atoms with Crippen molar-refractivity contribution in [2.24, 2.45) is 0 Å². The van der Waals surface area contributed by atoms with Crippen molar-refractivity contribution in [3.63, 3.8) is 0 Å². The first kappa shape index (κ1) is 15.2. The summed E-state index contributed by atoms with van der Waals surface area (Å²) < 4.78 is 55.6. The molecule has 0 aromatic heterocycles. The Bertz CT molecular complexity index is 392. The summed E-state index contributed by atoms with van der Waals surface area (Å²) >= 11 is 5.95. The second-order valence-corrected chi connectivity index (χ2v) is 4.22. The predicted molar refractivity (Wildman–Crippen MR) is 61.1 cm³/mol. The molecule has 0 N–H and O–H groups in total. The van der Waals surface area contributed by atoms with Gasteiger partial charge in [-0.05, 0) is 31.0 Å². The summed E-state index contributed by atoms with van der Waals surface area (Å²) in [4.78, 5) is 0. The highest BCUT2D eigenvalue weighted by Gasteiger charge is 2.34. The molecule has 0 heterocycles. The molecule has 0 radical (unpaired) electrons. The van der Waals surface area contributed by atoms with Gasteiger partial charge in [0, 0.05) is 13.2 Å². The van der Waals surface area contributed by atoms with Crippen LogP contribution in [0, 0.1) is 5.82 Å². The van der Waals surface area contributed by atoms with Crippen LogP contribution in [0.5, 0.6) is 0 Å². The fourth-order valence-electron chi connectivity index (χ4n) is 1.45. The number of benzene rings is 1. The van der Waals surface area contributed by atoms with Crippen LogP contribution in [0.1, 0.15) is 29.8 Å². The van der Waals surface area contributed by atoms with Crippen molar-refractivity contribution in [3.8, 4) is 0 Å². The van der Waals surface area contributed by atoms with E-state index in [1.165, 1.54) is 6.07 Å². The smallest absolute Gasteiger partial charge is 0.382 e. The minimum absolute atomic E-state index is 0.241. The molecule has 0 aliphatic carbocycles. The van der Waals surface area contributed by atoms with Gasteiger partial charge in [0.15, 0.2) is 0 Å². The molecule has 1 unspecified atom stereocenters. The fourth-order valence-corrected chi connectivity index (χ4v) is 1.68. The SMILES string of the molecule is CCOCCC(Cl)c1ccc(F)c(C(F)(F)F)c1. The first-order valence-corrected chi connectivity index (χ1v) is 5.88. The lowest BCUT2D eigenvalue weighted by Crippen LogP contribution is -2.09. The van der Waals surface area contributed by atoms with Gasteiger partial charge in [-0.1, -0.05) is 6.07 Å². The zero-order valence-electron chi connectivity index (χ0n) is 9.73. The number of halogens is 5. The second kappa shape index (κ2) is 6.38. The van der Waals surface area contributed by atoms with Crippen molar-refractivity contribution in [1.29, 1.82) is 0 Å². The second-order valence-electron chi connectivity index (χ2n) is 3.69. The largest absolute Gasteiger partial charge is 0.419 e. The molecule has 0 aliphatic rings. The molecule has 18 heavy (non-hydrogen) atoms. The number of hydrogen-bond donors (Lipinski definition) is 0. The molecule has 6 heteroatoms. The molecule has 1 nitrogen and oxygen atoms in total. The van der Waals surface area contributed by atoms with Crippen molar-refractivity contribution in [1.82, 2.24) is 0 Å². The van der Waals surface area contributed by atoms with Crippen molar-refractivity contribution in [2.75, 3.05) is 13.2 Å². The number of hydrogen-bond acceptors (Lipinski definition) is 1. The number of alkyl halides is 4. The highest BCUT2D eigenvalue weighted by atomic mass is 35.5. The molecule has 1 atom stereocenters. The summed E-state index contributed by atoms with van der Waals surface area (Å²) in [5.74, 6) is -1.29. The van der Waals surface area contributed by atoms with E-state index < -0.39 is 22.9 Å². The molecule has 0 fully saturated rings. The van der Waals surface area contributed by atoms with Gasteiger partial charge in [-0.3, -0.25) is 0 Å². The van der Waals surface area contributed by atoms with Crippen LogP contribution in [0.15, 0.2) is 18.2 Å². The Balaban J connectivity index is 2.84. The molecule has 0 amide bonds. The van der Waals surface area contributed by atoms with E-state index in [0.717, 1.165) is 12.1 Å². The maximum absolute atomic E-state index is 13.0. The summed E-state index contributed by atoms with van der Waals surface area (Å²) in [7, 11) is 0. The van der Waals surface area contributed by atoms with Gasteiger partial charge in [0.1, 0.15) is 5.82 Å². The topological polar surface area (TPSA) is 9.23 Å². The molecule has 1 aromatic carbocycles. The summed E-state index contributed by atoms with van der Waals surface area (Å²) in [6, 6.07) is 2.79. The molecular formula is C12H13ClF4O. The van der Waals surface area contributed by atoms with Gasteiger partial charge in [0.2, 0.25) is 0 Å². The third-order valence-corrected chi connectivity index (χ3v) is 2.85. The van der Waals surface area contributed by atoms with Crippen LogP contribution in [-0.2, 0) is 10.9 Å². The minimum atomic E-state index is -4.71. The van der Waals surface area contributed by atoms with Crippen LogP contribution >= 0.6 is 11.6 Å². The normalized spacial score (nSPS) is 13.7. The average Bonchev–Trinajstić information content (AvgIpc) is 2.28. The summed E-state index contributed by atoms with van der Waals surface area (Å²) in [5.41, 5.74) is -1.05. The van der Waals surface area contributed by atoms with Gasteiger partial charge in [-0.15, -0.1) is 11.6 Å². The van der Waals surface area contributed by atoms with Crippen molar-refractivity contribution < 1.29 is 22.3 Å². The van der Waals surface area contributed by atoms with Crippen molar-refractivity contribution >= 4 is 11.6 Å². The Hall–Kier alpha value is -0.810. The Morgan fingerprint density at radius 2 is 2.00 bits per heavy atom. The molecule has 0 saturated heterocycles. The predicted octanol–water partition coefficient (Wildman–Crippen LogP) is 4.55. The van der Waals surface area contributed by atoms with Crippen LogP contribution in [0.25, 0.3) is 0 Å². The van der Waals surface area contributed by atoms with E-state index in [1.807, 2.05) is 6.92 Å². The van der Waals surface area contributed by atoms with Gasteiger partial charge < -0.3 is 4.74 Å². The van der Waals surface area contributed by atoms with E-state index in [2.05, 4.69) is 0 Å². The van der Waals surface area contributed by atoms with Crippen molar-refractivity contribution in [2.45, 2.75) is 24.9 Å². The van der Waals surface area contributed by atoms with Gasteiger partial charge in [0.05, 0.1) is 10.9 Å². The van der Waals surface area contributed by atoms with Crippen LogP contribution in [0.3, 0.4) is 0 Å².